The molecule has 0 atom stereocenters. The van der Waals surface area contributed by atoms with Gasteiger partial charge in [0.15, 0.2) is 0 Å². The van der Waals surface area contributed by atoms with Crippen LogP contribution in [0.25, 0.3) is 5.57 Å². The predicted molar refractivity (Wildman–Crippen MR) is 54.2 cm³/mol. The van der Waals surface area contributed by atoms with Crippen molar-refractivity contribution in [1.29, 1.82) is 0 Å². The fraction of sp³-hybridized carbons (Fsp3) is 0.182. The molecule has 0 aromatic carbocycles. The van der Waals surface area contributed by atoms with Crippen LogP contribution in [0, 0.1) is 0 Å². The molecular formula is C11H10F2N2. The Labute approximate surface area is 86.0 Å². The zero-order chi connectivity index (χ0) is 10.8. The van der Waals surface area contributed by atoms with Gasteiger partial charge in [-0.1, -0.05) is 6.08 Å². The highest BCUT2D eigenvalue weighted by Gasteiger charge is 2.19. The summed E-state index contributed by atoms with van der Waals surface area (Å²) in [5, 5.41) is 0. The Morgan fingerprint density at radius 3 is 2.87 bits per heavy atom. The van der Waals surface area contributed by atoms with Crippen LogP contribution in [0.1, 0.15) is 19.2 Å². The summed E-state index contributed by atoms with van der Waals surface area (Å²) >= 11 is 0. The Bertz CT molecular complexity index is 453. The van der Waals surface area contributed by atoms with Gasteiger partial charge in [0.05, 0.1) is 5.57 Å². The number of halogens is 2. The van der Waals surface area contributed by atoms with E-state index in [0.717, 1.165) is 0 Å². The van der Waals surface area contributed by atoms with Crippen LogP contribution < -0.4 is 0 Å². The molecule has 15 heavy (non-hydrogen) atoms. The van der Waals surface area contributed by atoms with E-state index >= 15 is 0 Å². The number of allylic oxidation sites excluding steroid dienone is 6. The highest BCUT2D eigenvalue weighted by atomic mass is 19.1. The van der Waals surface area contributed by atoms with Crippen molar-refractivity contribution in [2.75, 3.05) is 0 Å². The summed E-state index contributed by atoms with van der Waals surface area (Å²) in [6, 6.07) is 0. The lowest BCUT2D eigenvalue weighted by atomic mass is 10.1. The SMILES string of the molecule is CC1=C(F)C(c2ncc[nH]2)=C(F)C=CC1. The molecule has 2 rings (SSSR count). The van der Waals surface area contributed by atoms with Crippen molar-refractivity contribution in [1.82, 2.24) is 9.97 Å². The molecule has 1 aliphatic rings. The standard InChI is InChI=1S/C11H10F2N2/c1-7-3-2-4-8(12)9(10(7)13)11-14-5-6-15-11/h2,4-6H,3H2,1H3,(H,14,15). The van der Waals surface area contributed by atoms with Crippen LogP contribution in [0.4, 0.5) is 8.78 Å². The molecule has 0 bridgehead atoms. The first kappa shape index (κ1) is 9.83. The van der Waals surface area contributed by atoms with Crippen molar-refractivity contribution in [3.63, 3.8) is 0 Å². The van der Waals surface area contributed by atoms with Crippen molar-refractivity contribution >= 4 is 5.57 Å². The van der Waals surface area contributed by atoms with Crippen LogP contribution >= 0.6 is 0 Å². The van der Waals surface area contributed by atoms with E-state index in [2.05, 4.69) is 9.97 Å². The normalized spacial score (nSPS) is 17.3. The van der Waals surface area contributed by atoms with Crippen LogP contribution in [0.5, 0.6) is 0 Å². The van der Waals surface area contributed by atoms with Gasteiger partial charge in [0.1, 0.15) is 17.5 Å². The zero-order valence-electron chi connectivity index (χ0n) is 8.22. The second-order valence-electron chi connectivity index (χ2n) is 3.36. The molecule has 1 N–H and O–H groups in total. The summed E-state index contributed by atoms with van der Waals surface area (Å²) in [6.45, 7) is 1.64. The summed E-state index contributed by atoms with van der Waals surface area (Å²) in [6.07, 6.45) is 6.29. The number of hydrogen-bond donors (Lipinski definition) is 1. The van der Waals surface area contributed by atoms with Crippen molar-refractivity contribution in [2.24, 2.45) is 0 Å². The molecule has 2 nitrogen and oxygen atoms in total. The minimum absolute atomic E-state index is 0.0914. The van der Waals surface area contributed by atoms with Crippen LogP contribution in [-0.2, 0) is 0 Å². The minimum Gasteiger partial charge on any atom is -0.344 e. The lowest BCUT2D eigenvalue weighted by molar-refractivity contribution is 0.633. The molecule has 1 aromatic rings. The first-order valence-corrected chi connectivity index (χ1v) is 4.62. The number of imidazole rings is 1. The Balaban J connectivity index is 2.60. The van der Waals surface area contributed by atoms with Crippen molar-refractivity contribution < 1.29 is 8.78 Å². The maximum Gasteiger partial charge on any atom is 0.143 e. The molecule has 0 saturated carbocycles. The Kier molecular flexibility index (Phi) is 2.49. The monoisotopic (exact) mass is 208 g/mol. The van der Waals surface area contributed by atoms with Crippen LogP contribution in [0.2, 0.25) is 0 Å². The largest absolute Gasteiger partial charge is 0.344 e. The Hall–Kier alpha value is -1.71. The van der Waals surface area contributed by atoms with Crippen molar-refractivity contribution in [3.05, 3.63) is 47.6 Å². The highest BCUT2D eigenvalue weighted by Crippen LogP contribution is 2.32. The van der Waals surface area contributed by atoms with E-state index in [9.17, 15) is 8.78 Å². The van der Waals surface area contributed by atoms with Gasteiger partial charge in [-0.05, 0) is 25.0 Å². The van der Waals surface area contributed by atoms with E-state index in [1.165, 1.54) is 18.5 Å². The molecule has 1 heterocycles. The number of hydrogen-bond acceptors (Lipinski definition) is 1. The highest BCUT2D eigenvalue weighted by molar-refractivity contribution is 5.77. The smallest absolute Gasteiger partial charge is 0.143 e. The lowest BCUT2D eigenvalue weighted by Gasteiger charge is -2.03. The number of rotatable bonds is 1. The number of nitrogens with zero attached hydrogens (tertiary/aromatic N) is 1. The van der Waals surface area contributed by atoms with Crippen LogP contribution in [-0.4, -0.2) is 9.97 Å². The van der Waals surface area contributed by atoms with Crippen LogP contribution in [0.3, 0.4) is 0 Å². The molecular weight excluding hydrogens is 198 g/mol. The third kappa shape index (κ3) is 1.75. The molecule has 1 aromatic heterocycles. The number of H-pyrrole nitrogens is 1. The average molecular weight is 208 g/mol. The third-order valence-electron chi connectivity index (χ3n) is 2.26. The topological polar surface area (TPSA) is 28.7 Å². The van der Waals surface area contributed by atoms with Crippen molar-refractivity contribution in [2.45, 2.75) is 13.3 Å². The molecule has 4 heteroatoms. The molecule has 0 spiro atoms. The fourth-order valence-electron chi connectivity index (χ4n) is 1.45. The summed E-state index contributed by atoms with van der Waals surface area (Å²) in [4.78, 5) is 6.55. The minimum atomic E-state index is -0.598. The van der Waals surface area contributed by atoms with E-state index in [0.29, 0.717) is 12.0 Å². The quantitative estimate of drug-likeness (QED) is 0.753. The second-order valence-corrected chi connectivity index (χ2v) is 3.36. The van der Waals surface area contributed by atoms with E-state index in [4.69, 9.17) is 0 Å². The van der Waals surface area contributed by atoms with Gasteiger partial charge in [-0.2, -0.15) is 0 Å². The molecule has 78 valence electrons. The van der Waals surface area contributed by atoms with Gasteiger partial charge in [0, 0.05) is 12.4 Å². The van der Waals surface area contributed by atoms with Gasteiger partial charge < -0.3 is 4.98 Å². The van der Waals surface area contributed by atoms with Gasteiger partial charge in [0.25, 0.3) is 0 Å². The lowest BCUT2D eigenvalue weighted by Crippen LogP contribution is -1.92. The zero-order valence-corrected chi connectivity index (χ0v) is 8.22. The summed E-state index contributed by atoms with van der Waals surface area (Å²) < 4.78 is 27.4. The van der Waals surface area contributed by atoms with E-state index in [1.807, 2.05) is 0 Å². The van der Waals surface area contributed by atoms with Gasteiger partial charge in [-0.15, -0.1) is 0 Å². The van der Waals surface area contributed by atoms with Crippen LogP contribution in [0.15, 0.2) is 41.8 Å². The fourth-order valence-corrected chi connectivity index (χ4v) is 1.45. The molecule has 0 aliphatic heterocycles. The number of aromatic nitrogens is 2. The molecule has 0 unspecified atom stereocenters. The van der Waals surface area contributed by atoms with E-state index < -0.39 is 11.7 Å². The second kappa shape index (κ2) is 3.81. The first-order valence-electron chi connectivity index (χ1n) is 4.62. The van der Waals surface area contributed by atoms with Gasteiger partial charge in [-0.25, -0.2) is 13.8 Å². The summed E-state index contributed by atoms with van der Waals surface area (Å²) in [5.74, 6) is -0.914. The van der Waals surface area contributed by atoms with Gasteiger partial charge in [-0.3, -0.25) is 0 Å². The third-order valence-corrected chi connectivity index (χ3v) is 2.26. The predicted octanol–water partition coefficient (Wildman–Crippen LogP) is 3.29. The van der Waals surface area contributed by atoms with Crippen molar-refractivity contribution in [3.8, 4) is 0 Å². The maximum atomic E-state index is 13.8. The molecule has 0 radical (unpaired) electrons. The van der Waals surface area contributed by atoms with Gasteiger partial charge >= 0.3 is 0 Å². The Morgan fingerprint density at radius 1 is 1.40 bits per heavy atom. The van der Waals surface area contributed by atoms with E-state index in [1.54, 1.807) is 13.0 Å². The maximum absolute atomic E-state index is 13.8. The number of nitrogens with one attached hydrogen (secondary N) is 1. The average Bonchev–Trinajstić information content (AvgIpc) is 2.67. The molecule has 0 saturated heterocycles. The Morgan fingerprint density at radius 2 is 2.20 bits per heavy atom. The molecule has 0 amide bonds. The summed E-state index contributed by atoms with van der Waals surface area (Å²) in [7, 11) is 0. The molecule has 0 fully saturated rings. The molecule has 1 aliphatic carbocycles. The first-order chi connectivity index (χ1) is 7.20. The number of aromatic amines is 1. The van der Waals surface area contributed by atoms with Gasteiger partial charge in [0.2, 0.25) is 0 Å². The summed E-state index contributed by atoms with van der Waals surface area (Å²) in [5.41, 5.74) is 0.413. The van der Waals surface area contributed by atoms with E-state index in [-0.39, 0.29) is 11.4 Å².